The second-order valence-electron chi connectivity index (χ2n) is 4.66. The summed E-state index contributed by atoms with van der Waals surface area (Å²) in [5.41, 5.74) is 1.49. The number of aromatic nitrogens is 2. The van der Waals surface area contributed by atoms with Crippen LogP contribution >= 0.6 is 0 Å². The van der Waals surface area contributed by atoms with E-state index < -0.39 is 11.7 Å². The van der Waals surface area contributed by atoms with Gasteiger partial charge in [-0.2, -0.15) is 18.3 Å². The summed E-state index contributed by atoms with van der Waals surface area (Å²) in [5.74, 6) is 0. The summed E-state index contributed by atoms with van der Waals surface area (Å²) in [5, 5.41) is 7.21. The van der Waals surface area contributed by atoms with E-state index in [4.69, 9.17) is 0 Å². The smallest absolute Gasteiger partial charge is 0.307 e. The van der Waals surface area contributed by atoms with Crippen molar-refractivity contribution >= 4 is 0 Å². The first kappa shape index (κ1) is 14.6. The molecular formula is C14H16F3N3. The van der Waals surface area contributed by atoms with Crippen LogP contribution in [0.1, 0.15) is 22.5 Å². The van der Waals surface area contributed by atoms with Crippen LogP contribution in [0.5, 0.6) is 0 Å². The SMILES string of the molecule is Cc1cc(CNCc2ccccc2C(F)(F)F)n(C)n1. The highest BCUT2D eigenvalue weighted by Crippen LogP contribution is 2.31. The van der Waals surface area contributed by atoms with Crippen molar-refractivity contribution in [2.24, 2.45) is 7.05 Å². The van der Waals surface area contributed by atoms with Crippen molar-refractivity contribution in [3.8, 4) is 0 Å². The van der Waals surface area contributed by atoms with Crippen molar-refractivity contribution < 1.29 is 13.2 Å². The van der Waals surface area contributed by atoms with E-state index in [1.807, 2.05) is 20.0 Å². The van der Waals surface area contributed by atoms with Crippen molar-refractivity contribution in [3.63, 3.8) is 0 Å². The lowest BCUT2D eigenvalue weighted by Crippen LogP contribution is -2.18. The van der Waals surface area contributed by atoms with Gasteiger partial charge in [0.25, 0.3) is 0 Å². The van der Waals surface area contributed by atoms with Gasteiger partial charge in [0.15, 0.2) is 0 Å². The summed E-state index contributed by atoms with van der Waals surface area (Å²) in [6.07, 6.45) is -4.32. The molecule has 0 radical (unpaired) electrons. The number of aryl methyl sites for hydroxylation is 2. The van der Waals surface area contributed by atoms with Gasteiger partial charge >= 0.3 is 6.18 Å². The van der Waals surface area contributed by atoms with E-state index in [2.05, 4.69) is 10.4 Å². The molecule has 20 heavy (non-hydrogen) atoms. The Hall–Kier alpha value is -1.82. The second kappa shape index (κ2) is 5.66. The van der Waals surface area contributed by atoms with Crippen molar-refractivity contribution in [1.29, 1.82) is 0 Å². The third-order valence-electron chi connectivity index (χ3n) is 3.04. The molecule has 0 aliphatic rings. The molecule has 0 spiro atoms. The Kier molecular flexibility index (Phi) is 4.13. The van der Waals surface area contributed by atoms with Crippen LogP contribution in [-0.4, -0.2) is 9.78 Å². The first-order valence-electron chi connectivity index (χ1n) is 6.23. The normalized spacial score (nSPS) is 11.8. The van der Waals surface area contributed by atoms with Gasteiger partial charge in [-0.25, -0.2) is 0 Å². The Morgan fingerprint density at radius 3 is 2.50 bits per heavy atom. The molecule has 0 atom stereocenters. The molecule has 1 heterocycles. The lowest BCUT2D eigenvalue weighted by atomic mass is 10.1. The van der Waals surface area contributed by atoms with Crippen LogP contribution < -0.4 is 5.32 Å². The van der Waals surface area contributed by atoms with Gasteiger partial charge in [-0.15, -0.1) is 0 Å². The lowest BCUT2D eigenvalue weighted by Gasteiger charge is -2.13. The number of halogens is 3. The number of nitrogens with one attached hydrogen (secondary N) is 1. The Balaban J connectivity index is 2.03. The monoisotopic (exact) mass is 283 g/mol. The van der Waals surface area contributed by atoms with E-state index in [1.54, 1.807) is 10.7 Å². The summed E-state index contributed by atoms with van der Waals surface area (Å²) in [6.45, 7) is 2.52. The maximum absolute atomic E-state index is 12.8. The molecule has 1 aromatic heterocycles. The van der Waals surface area contributed by atoms with Crippen molar-refractivity contribution in [2.45, 2.75) is 26.2 Å². The summed E-state index contributed by atoms with van der Waals surface area (Å²) < 4.78 is 40.2. The topological polar surface area (TPSA) is 29.9 Å². The molecule has 0 saturated carbocycles. The van der Waals surface area contributed by atoms with Gasteiger partial charge < -0.3 is 5.32 Å². The molecule has 3 nitrogen and oxygen atoms in total. The molecule has 0 aliphatic heterocycles. The third kappa shape index (κ3) is 3.39. The minimum atomic E-state index is -4.32. The zero-order valence-corrected chi connectivity index (χ0v) is 11.3. The Morgan fingerprint density at radius 1 is 1.20 bits per heavy atom. The standard InChI is InChI=1S/C14H16F3N3/c1-10-7-12(20(2)19-10)9-18-8-11-5-3-4-6-13(11)14(15,16)17/h3-7,18H,8-9H2,1-2H3. The average molecular weight is 283 g/mol. The van der Waals surface area contributed by atoms with Gasteiger partial charge in [0.1, 0.15) is 0 Å². The molecule has 1 aromatic carbocycles. The van der Waals surface area contributed by atoms with E-state index in [1.165, 1.54) is 12.1 Å². The van der Waals surface area contributed by atoms with Crippen LogP contribution in [0, 0.1) is 6.92 Å². The van der Waals surface area contributed by atoms with Gasteiger partial charge in [0.2, 0.25) is 0 Å². The highest BCUT2D eigenvalue weighted by atomic mass is 19.4. The molecule has 6 heteroatoms. The van der Waals surface area contributed by atoms with E-state index in [-0.39, 0.29) is 12.1 Å². The number of alkyl halides is 3. The van der Waals surface area contributed by atoms with E-state index in [0.717, 1.165) is 17.5 Å². The van der Waals surface area contributed by atoms with Crippen LogP contribution in [0.2, 0.25) is 0 Å². The number of hydrogen-bond acceptors (Lipinski definition) is 2. The fourth-order valence-corrected chi connectivity index (χ4v) is 2.11. The maximum atomic E-state index is 12.8. The highest BCUT2D eigenvalue weighted by Gasteiger charge is 2.32. The van der Waals surface area contributed by atoms with Gasteiger partial charge in [-0.1, -0.05) is 18.2 Å². The Bertz CT molecular complexity index is 588. The van der Waals surface area contributed by atoms with Crippen LogP contribution in [0.4, 0.5) is 13.2 Å². The Morgan fingerprint density at radius 2 is 1.90 bits per heavy atom. The molecule has 0 fully saturated rings. The highest BCUT2D eigenvalue weighted by molar-refractivity contribution is 5.29. The number of hydrogen-bond donors (Lipinski definition) is 1. The summed E-state index contributed by atoms with van der Waals surface area (Å²) in [4.78, 5) is 0. The minimum Gasteiger partial charge on any atom is -0.307 e. The Labute approximate surface area is 115 Å². The number of nitrogens with zero attached hydrogens (tertiary/aromatic N) is 2. The zero-order chi connectivity index (χ0) is 14.8. The lowest BCUT2D eigenvalue weighted by molar-refractivity contribution is -0.138. The van der Waals surface area contributed by atoms with Crippen LogP contribution in [-0.2, 0) is 26.3 Å². The van der Waals surface area contributed by atoms with E-state index in [9.17, 15) is 13.2 Å². The number of rotatable bonds is 4. The average Bonchev–Trinajstić information content (AvgIpc) is 2.67. The number of benzene rings is 1. The van der Waals surface area contributed by atoms with Gasteiger partial charge in [-0.05, 0) is 24.6 Å². The van der Waals surface area contributed by atoms with Crippen LogP contribution in [0.3, 0.4) is 0 Å². The van der Waals surface area contributed by atoms with Gasteiger partial charge in [-0.3, -0.25) is 4.68 Å². The van der Waals surface area contributed by atoms with Crippen LogP contribution in [0.25, 0.3) is 0 Å². The molecule has 0 amide bonds. The maximum Gasteiger partial charge on any atom is 0.416 e. The summed E-state index contributed by atoms with van der Waals surface area (Å²) >= 11 is 0. The molecule has 108 valence electrons. The van der Waals surface area contributed by atoms with E-state index in [0.29, 0.717) is 6.54 Å². The molecule has 0 saturated heterocycles. The van der Waals surface area contributed by atoms with Crippen LogP contribution in [0.15, 0.2) is 30.3 Å². The molecule has 0 aliphatic carbocycles. The predicted octanol–water partition coefficient (Wildman–Crippen LogP) is 3.04. The zero-order valence-electron chi connectivity index (χ0n) is 11.3. The fraction of sp³-hybridized carbons (Fsp3) is 0.357. The van der Waals surface area contributed by atoms with Gasteiger partial charge in [0, 0.05) is 20.1 Å². The molecule has 0 unspecified atom stereocenters. The van der Waals surface area contributed by atoms with E-state index >= 15 is 0 Å². The summed E-state index contributed by atoms with van der Waals surface area (Å²) in [6, 6.07) is 7.51. The van der Waals surface area contributed by atoms with Crippen molar-refractivity contribution in [1.82, 2.24) is 15.1 Å². The molecule has 1 N–H and O–H groups in total. The summed E-state index contributed by atoms with van der Waals surface area (Å²) in [7, 11) is 1.81. The van der Waals surface area contributed by atoms with Gasteiger partial charge in [0.05, 0.1) is 17.0 Å². The van der Waals surface area contributed by atoms with Crippen molar-refractivity contribution in [3.05, 3.63) is 52.8 Å². The quantitative estimate of drug-likeness (QED) is 0.934. The largest absolute Gasteiger partial charge is 0.416 e. The second-order valence-corrected chi connectivity index (χ2v) is 4.66. The fourth-order valence-electron chi connectivity index (χ4n) is 2.11. The molecule has 0 bridgehead atoms. The first-order chi connectivity index (χ1) is 9.38. The molecule has 2 rings (SSSR count). The molecule has 2 aromatic rings. The first-order valence-corrected chi connectivity index (χ1v) is 6.23. The molecular weight excluding hydrogens is 267 g/mol. The minimum absolute atomic E-state index is 0.167. The predicted molar refractivity (Wildman–Crippen MR) is 69.9 cm³/mol. The third-order valence-corrected chi connectivity index (χ3v) is 3.04. The van der Waals surface area contributed by atoms with Crippen molar-refractivity contribution in [2.75, 3.05) is 0 Å².